The van der Waals surface area contributed by atoms with Crippen LogP contribution in [0.4, 0.5) is 19.0 Å². The normalized spacial score (nSPS) is 25.2. The molecule has 1 aromatic heterocycles. The number of piperidine rings is 1. The van der Waals surface area contributed by atoms with Crippen molar-refractivity contribution in [3.8, 4) is 0 Å². The number of carbonyl (C=O) groups is 1. The van der Waals surface area contributed by atoms with Gasteiger partial charge in [-0.1, -0.05) is 0 Å². The van der Waals surface area contributed by atoms with Gasteiger partial charge in [-0.2, -0.15) is 24.0 Å². The molecule has 5 rings (SSSR count). The predicted octanol–water partition coefficient (Wildman–Crippen LogP) is 2.93. The highest BCUT2D eigenvalue weighted by Crippen LogP contribution is 2.37. The van der Waals surface area contributed by atoms with Gasteiger partial charge in [-0.05, 0) is 49.2 Å². The molecule has 2 aromatic rings. The van der Waals surface area contributed by atoms with Gasteiger partial charge in [0.1, 0.15) is 17.7 Å². The third-order valence-electron chi connectivity index (χ3n) is 6.68. The number of carbonyl (C=O) groups excluding carboxylic acids is 1. The Morgan fingerprint density at radius 1 is 1.22 bits per heavy atom. The average Bonchev–Trinajstić information content (AvgIpc) is 3.21. The van der Waals surface area contributed by atoms with E-state index in [4.69, 9.17) is 10.8 Å². The number of pyridine rings is 1. The van der Waals surface area contributed by atoms with Crippen LogP contribution in [-0.4, -0.2) is 51.8 Å². The minimum Gasteiger partial charge on any atom is -0.395 e. The third-order valence-corrected chi connectivity index (χ3v) is 6.68. The quantitative estimate of drug-likeness (QED) is 0.362. The Hall–Kier alpha value is -3.71. The van der Waals surface area contributed by atoms with E-state index in [9.17, 15) is 23.1 Å². The zero-order valence-electron chi connectivity index (χ0n) is 19.6. The number of halogens is 3. The summed E-state index contributed by atoms with van der Waals surface area (Å²) in [6, 6.07) is 8.18. The van der Waals surface area contributed by atoms with Gasteiger partial charge in [0.2, 0.25) is 5.70 Å². The second-order valence-electron chi connectivity index (χ2n) is 9.08. The van der Waals surface area contributed by atoms with Gasteiger partial charge >= 0.3 is 6.18 Å². The number of nitrogens with two attached hydrogens (primary N) is 1. The summed E-state index contributed by atoms with van der Waals surface area (Å²) >= 11 is 0. The van der Waals surface area contributed by atoms with E-state index < -0.39 is 17.6 Å². The summed E-state index contributed by atoms with van der Waals surface area (Å²) < 4.78 is 38.7. The zero-order valence-corrected chi connectivity index (χ0v) is 19.6. The standard InChI is InChI=1S/C25H24F3N7O2/c26-25(27,28)18-7-8-31-21(11-18)33-24(37)16-3-1-15(2-4-16)23-34-22(17-5-6-19(14-36)32-12-17)20-13-30-9-10-35(20,23)29/h1-4,7-11,13,17,19,32,36H,5-6,12,14,29H2/p+1/t17-,19+,35?/m1/s1. The number of alkyl halides is 3. The smallest absolute Gasteiger partial charge is 0.395 e. The number of anilines is 1. The van der Waals surface area contributed by atoms with Crippen molar-refractivity contribution in [1.29, 1.82) is 0 Å². The number of allylic oxidation sites excluding steroid dienone is 1. The van der Waals surface area contributed by atoms with E-state index in [-0.39, 0.29) is 34.5 Å². The number of amidine groups is 1. The van der Waals surface area contributed by atoms with Crippen LogP contribution in [-0.2, 0) is 6.18 Å². The first kappa shape index (κ1) is 25.0. The average molecular weight is 513 g/mol. The van der Waals surface area contributed by atoms with E-state index in [0.29, 0.717) is 17.9 Å². The lowest BCUT2D eigenvalue weighted by molar-refractivity contribution is -0.750. The fraction of sp³-hybridized carbons (Fsp3) is 0.280. The molecular weight excluding hydrogens is 487 g/mol. The van der Waals surface area contributed by atoms with Crippen molar-refractivity contribution < 1.29 is 27.7 Å². The van der Waals surface area contributed by atoms with Crippen LogP contribution in [0.2, 0.25) is 0 Å². The minimum atomic E-state index is -4.54. The van der Waals surface area contributed by atoms with Crippen LogP contribution in [0.5, 0.6) is 0 Å². The third kappa shape index (κ3) is 4.83. The molecule has 3 aliphatic rings. The monoisotopic (exact) mass is 512 g/mol. The zero-order chi connectivity index (χ0) is 26.2. The van der Waals surface area contributed by atoms with Crippen molar-refractivity contribution in [3.05, 3.63) is 83.1 Å². The van der Waals surface area contributed by atoms with Crippen LogP contribution in [0, 0.1) is 5.92 Å². The van der Waals surface area contributed by atoms with E-state index in [2.05, 4.69) is 20.6 Å². The summed E-state index contributed by atoms with van der Waals surface area (Å²) in [6.07, 6.45) is 3.14. The Labute approximate surface area is 210 Å². The second-order valence-corrected chi connectivity index (χ2v) is 9.08. The highest BCUT2D eigenvalue weighted by Gasteiger charge is 2.46. The van der Waals surface area contributed by atoms with Crippen LogP contribution in [0.3, 0.4) is 0 Å². The Morgan fingerprint density at radius 3 is 2.68 bits per heavy atom. The molecule has 1 unspecified atom stereocenters. The topological polar surface area (TPSA) is 125 Å². The van der Waals surface area contributed by atoms with Crippen molar-refractivity contribution in [2.24, 2.45) is 21.7 Å². The van der Waals surface area contributed by atoms with Crippen LogP contribution in [0.1, 0.15) is 34.3 Å². The number of nitrogens with zero attached hydrogens (tertiary/aromatic N) is 4. The van der Waals surface area contributed by atoms with Gasteiger partial charge in [0.15, 0.2) is 0 Å². The molecule has 4 heterocycles. The molecule has 0 saturated carbocycles. The SMILES string of the molecule is N[N+]12C=CN=CC1=C([C@@H]1CC[C@@H](CO)NC1)N=C2c1ccc(C(=O)Nc2cc(C(F)(F)F)ccn2)cc1. The van der Waals surface area contributed by atoms with Gasteiger partial charge in [-0.15, -0.1) is 4.59 Å². The highest BCUT2D eigenvalue weighted by atomic mass is 19.4. The largest absolute Gasteiger partial charge is 0.416 e. The molecular formula is C25H25F3N7O2+. The maximum absolute atomic E-state index is 13.0. The minimum absolute atomic E-state index is 0.0635. The van der Waals surface area contributed by atoms with Gasteiger partial charge in [-0.25, -0.2) is 4.98 Å². The highest BCUT2D eigenvalue weighted by molar-refractivity contribution is 6.05. The molecule has 192 valence electrons. The number of fused-ring (bicyclic) bond motifs is 1. The maximum Gasteiger partial charge on any atom is 0.416 e. The lowest BCUT2D eigenvalue weighted by Crippen LogP contribution is -2.53. The fourth-order valence-electron chi connectivity index (χ4n) is 4.65. The Balaban J connectivity index is 1.37. The first-order valence-corrected chi connectivity index (χ1v) is 11.7. The lowest BCUT2D eigenvalue weighted by atomic mass is 9.91. The van der Waals surface area contributed by atoms with Crippen molar-refractivity contribution in [2.45, 2.75) is 25.1 Å². The van der Waals surface area contributed by atoms with Gasteiger partial charge in [0.05, 0.1) is 30.1 Å². The van der Waals surface area contributed by atoms with Crippen molar-refractivity contribution >= 4 is 23.8 Å². The van der Waals surface area contributed by atoms with Crippen molar-refractivity contribution in [2.75, 3.05) is 18.5 Å². The number of aliphatic hydroxyl groups is 1. The number of hydrogen-bond acceptors (Lipinski definition) is 7. The summed E-state index contributed by atoms with van der Waals surface area (Å²) in [4.78, 5) is 25.6. The van der Waals surface area contributed by atoms with Crippen LogP contribution < -0.4 is 16.5 Å². The first-order chi connectivity index (χ1) is 17.7. The number of aliphatic hydroxyl groups excluding tert-OH is 1. The number of amides is 1. The summed E-state index contributed by atoms with van der Waals surface area (Å²) in [6.45, 7) is 0.735. The number of benzene rings is 1. The molecule has 0 bridgehead atoms. The molecule has 5 N–H and O–H groups in total. The van der Waals surface area contributed by atoms with Crippen LogP contribution in [0.25, 0.3) is 0 Å². The summed E-state index contributed by atoms with van der Waals surface area (Å²) in [5, 5.41) is 15.2. The molecule has 12 heteroatoms. The first-order valence-electron chi connectivity index (χ1n) is 11.7. The number of aromatic nitrogens is 1. The van der Waals surface area contributed by atoms with Gasteiger partial charge in [0, 0.05) is 30.3 Å². The molecule has 0 radical (unpaired) electrons. The van der Waals surface area contributed by atoms with E-state index in [1.54, 1.807) is 42.9 Å². The van der Waals surface area contributed by atoms with E-state index in [0.717, 1.165) is 42.6 Å². The lowest BCUT2D eigenvalue weighted by Gasteiger charge is -2.29. The molecule has 3 atom stereocenters. The van der Waals surface area contributed by atoms with E-state index >= 15 is 0 Å². The number of quaternary nitrogens is 1. The molecule has 1 saturated heterocycles. The molecule has 37 heavy (non-hydrogen) atoms. The number of rotatable bonds is 5. The molecule has 1 amide bonds. The van der Waals surface area contributed by atoms with Gasteiger partial charge in [0.25, 0.3) is 11.7 Å². The van der Waals surface area contributed by atoms with Crippen LogP contribution in [0.15, 0.2) is 76.4 Å². The van der Waals surface area contributed by atoms with E-state index in [1.807, 2.05) is 0 Å². The second kappa shape index (κ2) is 9.63. The van der Waals surface area contributed by atoms with E-state index in [1.165, 1.54) is 0 Å². The molecule has 9 nitrogen and oxygen atoms in total. The van der Waals surface area contributed by atoms with Crippen LogP contribution >= 0.6 is 0 Å². The summed E-state index contributed by atoms with van der Waals surface area (Å²) in [5.74, 6) is 6.63. The molecule has 0 aliphatic carbocycles. The van der Waals surface area contributed by atoms with Crippen molar-refractivity contribution in [1.82, 2.24) is 10.3 Å². The number of aliphatic imine (C=N–C) groups is 2. The summed E-state index contributed by atoms with van der Waals surface area (Å²) in [7, 11) is 0. The fourth-order valence-corrected chi connectivity index (χ4v) is 4.65. The Morgan fingerprint density at radius 2 is 2.00 bits per heavy atom. The predicted molar refractivity (Wildman–Crippen MR) is 131 cm³/mol. The number of hydrogen-bond donors (Lipinski definition) is 4. The Bertz CT molecular complexity index is 1330. The number of nitrogens with one attached hydrogen (secondary N) is 2. The molecule has 0 spiro atoms. The Kier molecular flexibility index (Phi) is 6.50. The molecule has 3 aliphatic heterocycles. The molecule has 1 aromatic carbocycles. The van der Waals surface area contributed by atoms with Gasteiger partial charge < -0.3 is 15.7 Å². The maximum atomic E-state index is 13.0. The van der Waals surface area contributed by atoms with Gasteiger partial charge in [-0.3, -0.25) is 9.79 Å². The summed E-state index contributed by atoms with van der Waals surface area (Å²) in [5.41, 5.74) is 1.60. The van der Waals surface area contributed by atoms with Crippen molar-refractivity contribution in [3.63, 3.8) is 0 Å². The molecule has 1 fully saturated rings.